The highest BCUT2D eigenvalue weighted by Gasteiger charge is 2.35. The summed E-state index contributed by atoms with van der Waals surface area (Å²) in [6, 6.07) is 8.98. The fourth-order valence-electron chi connectivity index (χ4n) is 5.44. The molecule has 2 aromatic rings. The molecule has 0 amide bonds. The highest BCUT2D eigenvalue weighted by molar-refractivity contribution is 7.80. The Morgan fingerprint density at radius 2 is 1.78 bits per heavy atom. The first-order chi connectivity index (χ1) is 15.3. The van der Waals surface area contributed by atoms with Gasteiger partial charge in [0.15, 0.2) is 5.11 Å². The largest absolute Gasteiger partial charge is 0.361 e. The number of nitrogens with zero attached hydrogens (tertiary/aromatic N) is 3. The molecule has 172 valence electrons. The van der Waals surface area contributed by atoms with E-state index in [0.717, 1.165) is 37.4 Å². The van der Waals surface area contributed by atoms with Crippen LogP contribution in [-0.2, 0) is 5.41 Å². The molecule has 1 saturated carbocycles. The van der Waals surface area contributed by atoms with Gasteiger partial charge in [0.25, 0.3) is 0 Å². The number of hydrogen-bond donors (Lipinski definition) is 2. The van der Waals surface area contributed by atoms with Crippen molar-refractivity contribution >= 4 is 29.1 Å². The van der Waals surface area contributed by atoms with Gasteiger partial charge in [0.2, 0.25) is 5.95 Å². The Labute approximate surface area is 196 Å². The van der Waals surface area contributed by atoms with Gasteiger partial charge in [0.05, 0.1) is 0 Å². The van der Waals surface area contributed by atoms with Crippen molar-refractivity contribution in [2.75, 3.05) is 29.9 Å². The minimum Gasteiger partial charge on any atom is -0.361 e. The number of halogens is 1. The van der Waals surface area contributed by atoms with E-state index in [1.165, 1.54) is 24.8 Å². The van der Waals surface area contributed by atoms with Gasteiger partial charge in [-0.3, -0.25) is 0 Å². The van der Waals surface area contributed by atoms with Gasteiger partial charge in [-0.25, -0.2) is 9.37 Å². The molecule has 7 heteroatoms. The lowest BCUT2D eigenvalue weighted by Gasteiger charge is -2.36. The summed E-state index contributed by atoms with van der Waals surface area (Å²) in [5.41, 5.74) is 2.08. The van der Waals surface area contributed by atoms with Crippen LogP contribution in [0.2, 0.25) is 0 Å². The van der Waals surface area contributed by atoms with Crippen LogP contribution >= 0.6 is 12.2 Å². The minimum atomic E-state index is -0.197. The lowest BCUT2D eigenvalue weighted by Crippen LogP contribution is -2.41. The van der Waals surface area contributed by atoms with Crippen LogP contribution in [0, 0.1) is 24.6 Å². The molecule has 2 atom stereocenters. The quantitative estimate of drug-likeness (QED) is 0.604. The number of benzene rings is 1. The van der Waals surface area contributed by atoms with Gasteiger partial charge in [-0.2, -0.15) is 4.98 Å². The Balaban J connectivity index is 1.42. The van der Waals surface area contributed by atoms with Crippen LogP contribution in [0.15, 0.2) is 30.3 Å². The van der Waals surface area contributed by atoms with Crippen LogP contribution < -0.4 is 15.5 Å². The highest BCUT2D eigenvalue weighted by Crippen LogP contribution is 2.40. The second-order valence-corrected chi connectivity index (χ2v) is 10.3. The van der Waals surface area contributed by atoms with E-state index in [0.29, 0.717) is 29.4 Å². The van der Waals surface area contributed by atoms with Crippen molar-refractivity contribution in [1.29, 1.82) is 0 Å². The van der Waals surface area contributed by atoms with Gasteiger partial charge in [-0.15, -0.1) is 0 Å². The molecule has 0 spiro atoms. The minimum absolute atomic E-state index is 0.0157. The fourth-order valence-corrected chi connectivity index (χ4v) is 5.60. The summed E-state index contributed by atoms with van der Waals surface area (Å²) in [5.74, 6) is 2.60. The number of rotatable bonds is 5. The molecule has 2 fully saturated rings. The van der Waals surface area contributed by atoms with Gasteiger partial charge in [-0.05, 0) is 67.9 Å². The molecule has 1 aromatic heterocycles. The molecule has 1 aromatic carbocycles. The molecule has 2 heterocycles. The molecule has 5 nitrogen and oxygen atoms in total. The number of thiocarbonyl (C=S) groups is 1. The molecule has 0 unspecified atom stereocenters. The summed E-state index contributed by atoms with van der Waals surface area (Å²) in [4.78, 5) is 11.7. The number of nitrogens with one attached hydrogen (secondary N) is 2. The Hall–Kier alpha value is -2.28. The van der Waals surface area contributed by atoms with E-state index < -0.39 is 0 Å². The Morgan fingerprint density at radius 3 is 2.44 bits per heavy atom. The normalized spacial score (nSPS) is 22.6. The third-order valence-corrected chi connectivity index (χ3v) is 7.11. The van der Waals surface area contributed by atoms with Crippen LogP contribution in [0.3, 0.4) is 0 Å². The SMILES string of the molecule is Cc1cc(N2C[C@H](C)C[C@@H](C)C2)nc(NC(=S)NCC2(c3ccc(F)cc3)CCCC2)n1. The Kier molecular flexibility index (Phi) is 6.93. The summed E-state index contributed by atoms with van der Waals surface area (Å²) in [5, 5.41) is 7.11. The van der Waals surface area contributed by atoms with Crippen molar-refractivity contribution in [3.05, 3.63) is 47.4 Å². The van der Waals surface area contributed by atoms with Crippen molar-refractivity contribution in [1.82, 2.24) is 15.3 Å². The van der Waals surface area contributed by atoms with E-state index in [-0.39, 0.29) is 11.2 Å². The van der Waals surface area contributed by atoms with E-state index in [9.17, 15) is 4.39 Å². The van der Waals surface area contributed by atoms with E-state index in [1.54, 1.807) is 12.1 Å². The molecule has 2 aliphatic rings. The average molecular weight is 456 g/mol. The maximum absolute atomic E-state index is 13.4. The summed E-state index contributed by atoms with van der Waals surface area (Å²) in [6.45, 7) is 9.34. The lowest BCUT2D eigenvalue weighted by atomic mass is 9.79. The van der Waals surface area contributed by atoms with Gasteiger partial charge in [0.1, 0.15) is 11.6 Å². The van der Waals surface area contributed by atoms with Gasteiger partial charge in [0, 0.05) is 36.8 Å². The zero-order valence-corrected chi connectivity index (χ0v) is 20.1. The zero-order valence-electron chi connectivity index (χ0n) is 19.3. The number of aromatic nitrogens is 2. The van der Waals surface area contributed by atoms with Crippen molar-refractivity contribution in [3.8, 4) is 0 Å². The van der Waals surface area contributed by atoms with Gasteiger partial charge in [-0.1, -0.05) is 38.8 Å². The first-order valence-corrected chi connectivity index (χ1v) is 12.2. The maximum atomic E-state index is 13.4. The monoisotopic (exact) mass is 455 g/mol. The third kappa shape index (κ3) is 5.37. The molecule has 1 saturated heterocycles. The molecule has 32 heavy (non-hydrogen) atoms. The predicted octanol–water partition coefficient (Wildman–Crippen LogP) is 5.20. The van der Waals surface area contributed by atoms with Crippen LogP contribution in [-0.4, -0.2) is 34.7 Å². The third-order valence-electron chi connectivity index (χ3n) is 6.86. The number of anilines is 2. The van der Waals surface area contributed by atoms with Crippen LogP contribution in [0.5, 0.6) is 0 Å². The first-order valence-electron chi connectivity index (χ1n) is 11.7. The van der Waals surface area contributed by atoms with Gasteiger partial charge < -0.3 is 15.5 Å². The van der Waals surface area contributed by atoms with Crippen molar-refractivity contribution in [3.63, 3.8) is 0 Å². The molecule has 0 bridgehead atoms. The Morgan fingerprint density at radius 1 is 1.12 bits per heavy atom. The first kappa shape index (κ1) is 22.9. The number of hydrogen-bond acceptors (Lipinski definition) is 4. The zero-order chi connectivity index (χ0) is 22.7. The molecule has 0 radical (unpaired) electrons. The molecule has 1 aliphatic carbocycles. The predicted molar refractivity (Wildman–Crippen MR) is 133 cm³/mol. The summed E-state index contributed by atoms with van der Waals surface area (Å²) >= 11 is 5.60. The van der Waals surface area contributed by atoms with Crippen molar-refractivity contribution in [2.45, 2.75) is 58.3 Å². The second-order valence-electron chi connectivity index (χ2n) is 9.84. The fraction of sp³-hybridized carbons (Fsp3) is 0.560. The van der Waals surface area contributed by atoms with E-state index in [2.05, 4.69) is 40.4 Å². The van der Waals surface area contributed by atoms with Crippen LogP contribution in [0.1, 0.15) is 57.2 Å². The topological polar surface area (TPSA) is 53.1 Å². The lowest BCUT2D eigenvalue weighted by molar-refractivity contribution is 0.355. The summed E-state index contributed by atoms with van der Waals surface area (Å²) < 4.78 is 13.4. The molecular weight excluding hydrogens is 421 g/mol. The number of piperidine rings is 1. The Bertz CT molecular complexity index is 932. The summed E-state index contributed by atoms with van der Waals surface area (Å²) in [6.07, 6.45) is 5.76. The van der Waals surface area contributed by atoms with E-state index >= 15 is 0 Å². The second kappa shape index (κ2) is 9.69. The number of aryl methyl sites for hydroxylation is 1. The smallest absolute Gasteiger partial charge is 0.231 e. The highest BCUT2D eigenvalue weighted by atomic mass is 32.1. The summed E-state index contributed by atoms with van der Waals surface area (Å²) in [7, 11) is 0. The van der Waals surface area contributed by atoms with E-state index in [1.807, 2.05) is 19.1 Å². The maximum Gasteiger partial charge on any atom is 0.231 e. The standard InChI is InChI=1S/C25H34FN5S/c1-17-12-18(2)15-31(14-17)22-13-19(3)28-23(29-22)30-24(32)27-16-25(10-4-5-11-25)20-6-8-21(26)9-7-20/h6-9,13,17-18H,4-5,10-12,14-16H2,1-3H3,(H2,27,28,29,30,32)/t17-,18-/m1/s1. The molecule has 2 N–H and O–H groups in total. The van der Waals surface area contributed by atoms with Crippen molar-refractivity contribution < 1.29 is 4.39 Å². The van der Waals surface area contributed by atoms with Crippen LogP contribution in [0.4, 0.5) is 16.2 Å². The molecule has 1 aliphatic heterocycles. The molecular formula is C25H34FN5S. The van der Waals surface area contributed by atoms with Gasteiger partial charge >= 0.3 is 0 Å². The van der Waals surface area contributed by atoms with E-state index in [4.69, 9.17) is 17.2 Å². The average Bonchev–Trinajstić information content (AvgIpc) is 3.22. The molecule has 4 rings (SSSR count). The van der Waals surface area contributed by atoms with Crippen molar-refractivity contribution in [2.24, 2.45) is 11.8 Å². The van der Waals surface area contributed by atoms with Crippen LogP contribution in [0.25, 0.3) is 0 Å².